The van der Waals surface area contributed by atoms with E-state index in [-0.39, 0.29) is 25.8 Å². The zero-order chi connectivity index (χ0) is 39.1. The van der Waals surface area contributed by atoms with Crippen LogP contribution in [0.2, 0.25) is 0 Å². The van der Waals surface area contributed by atoms with E-state index in [0.29, 0.717) is 51.6 Å². The summed E-state index contributed by atoms with van der Waals surface area (Å²) in [5.41, 5.74) is 8.10. The first-order valence-corrected chi connectivity index (χ1v) is 19.3. The fraction of sp³-hybridized carbons (Fsp3) is 0.500. The molecule has 55 heavy (non-hydrogen) atoms. The lowest BCUT2D eigenvalue weighted by atomic mass is 10.0. The van der Waals surface area contributed by atoms with Gasteiger partial charge in [-0.3, -0.25) is 28.8 Å². The van der Waals surface area contributed by atoms with Crippen LogP contribution >= 0.6 is 0 Å². The predicted molar refractivity (Wildman–Crippen MR) is 204 cm³/mol. The van der Waals surface area contributed by atoms with Crippen LogP contribution in [0.15, 0.2) is 60.8 Å². The van der Waals surface area contributed by atoms with Gasteiger partial charge in [-0.15, -0.1) is 0 Å². The molecule has 6 amide bonds. The molecule has 0 radical (unpaired) electrons. The van der Waals surface area contributed by atoms with Crippen molar-refractivity contribution in [1.82, 2.24) is 36.1 Å². The Kier molecular flexibility index (Phi) is 12.8. The van der Waals surface area contributed by atoms with Crippen molar-refractivity contribution in [1.29, 1.82) is 0 Å². The van der Waals surface area contributed by atoms with Crippen LogP contribution < -0.4 is 27.0 Å². The van der Waals surface area contributed by atoms with Crippen LogP contribution in [0.4, 0.5) is 0 Å². The highest BCUT2D eigenvalue weighted by atomic mass is 16.3. The number of nitrogens with one attached hydrogen (secondary N) is 5. The number of benzene rings is 2. The molecule has 15 nitrogen and oxygen atoms in total. The van der Waals surface area contributed by atoms with Gasteiger partial charge in [0.2, 0.25) is 35.4 Å². The van der Waals surface area contributed by atoms with Gasteiger partial charge in [0.05, 0.1) is 6.10 Å². The number of para-hydroxylation sites is 1. The number of aliphatic hydroxyl groups is 1. The van der Waals surface area contributed by atoms with Crippen LogP contribution in [0.1, 0.15) is 63.0 Å². The number of aromatic amines is 1. The molecule has 6 rings (SSSR count). The lowest BCUT2D eigenvalue weighted by molar-refractivity contribution is -0.149. The second kappa shape index (κ2) is 17.9. The largest absolute Gasteiger partial charge is 0.391 e. The molecule has 0 bridgehead atoms. The number of carbonyl (C=O) groups is 6. The standard InChI is InChI=1S/C40H52N8O7/c1-24(49)34-40(55)48-20-10-17-33(48)39(54)47-19-9-16-32(47)38(53)45-30(21-25-11-3-2-4-12-25)36(51)44-31(22-26-23-42-28-14-6-5-13-27(26)28)37(52)43-29(35(50)46-34)15-7-8-18-41/h2-6,11-14,23-24,29-34,42,49H,7-10,15-22,41H2,1H3,(H,43,52)(H,44,51)(H,45,53)(H,46,50)/t24-,29+,30+,31-,32+,33+,34+/m1/s1. The number of fused-ring (bicyclic) bond motifs is 3. The molecule has 0 aliphatic carbocycles. The summed E-state index contributed by atoms with van der Waals surface area (Å²) in [5, 5.41) is 22.9. The first-order valence-electron chi connectivity index (χ1n) is 19.3. The number of aromatic nitrogens is 1. The fourth-order valence-electron chi connectivity index (χ4n) is 7.97. The molecule has 3 fully saturated rings. The molecule has 15 heteroatoms. The summed E-state index contributed by atoms with van der Waals surface area (Å²) in [6.45, 7) is 2.25. The van der Waals surface area contributed by atoms with Crippen LogP contribution in [0.25, 0.3) is 10.9 Å². The van der Waals surface area contributed by atoms with Crippen molar-refractivity contribution in [3.05, 3.63) is 71.9 Å². The van der Waals surface area contributed by atoms with E-state index in [0.717, 1.165) is 22.0 Å². The van der Waals surface area contributed by atoms with Gasteiger partial charge < -0.3 is 46.9 Å². The predicted octanol–water partition coefficient (Wildman–Crippen LogP) is 0.398. The average Bonchev–Trinajstić information content (AvgIpc) is 3.96. The van der Waals surface area contributed by atoms with E-state index in [2.05, 4.69) is 26.3 Å². The third-order valence-electron chi connectivity index (χ3n) is 10.9. The van der Waals surface area contributed by atoms with Crippen molar-refractivity contribution in [3.63, 3.8) is 0 Å². The molecule has 0 saturated carbocycles. The number of hydrogen-bond donors (Lipinski definition) is 7. The summed E-state index contributed by atoms with van der Waals surface area (Å²) in [6.07, 6.45) is 3.55. The minimum absolute atomic E-state index is 0.0424. The molecule has 3 aromatic rings. The van der Waals surface area contributed by atoms with Crippen molar-refractivity contribution in [2.24, 2.45) is 5.73 Å². The van der Waals surface area contributed by atoms with Gasteiger partial charge in [-0.2, -0.15) is 0 Å². The monoisotopic (exact) mass is 756 g/mol. The van der Waals surface area contributed by atoms with Gasteiger partial charge in [-0.1, -0.05) is 48.5 Å². The number of hydrogen-bond acceptors (Lipinski definition) is 8. The molecule has 3 aliphatic rings. The molecule has 4 heterocycles. The molecule has 2 aromatic carbocycles. The molecule has 3 aliphatic heterocycles. The quantitative estimate of drug-likeness (QED) is 0.151. The Morgan fingerprint density at radius 3 is 2.02 bits per heavy atom. The number of H-pyrrole nitrogens is 1. The maximum Gasteiger partial charge on any atom is 0.248 e. The maximum absolute atomic E-state index is 14.4. The summed E-state index contributed by atoms with van der Waals surface area (Å²) in [7, 11) is 0. The SMILES string of the molecule is C[C@@H](O)[C@@H]1NC(=O)[C@H](CCCCN)NC(=O)[C@@H](Cc2c[nH]c3ccccc23)NC(=O)[C@H](Cc2ccccc2)NC(=O)[C@@H]2CCCN2C(=O)[C@@H]2CCCN2C1=O. The third kappa shape index (κ3) is 9.16. The molecular weight excluding hydrogens is 704 g/mol. The van der Waals surface area contributed by atoms with E-state index in [9.17, 15) is 33.9 Å². The van der Waals surface area contributed by atoms with Gasteiger partial charge in [-0.25, -0.2) is 0 Å². The van der Waals surface area contributed by atoms with E-state index in [1.165, 1.54) is 16.7 Å². The van der Waals surface area contributed by atoms with Crippen LogP contribution in [0.3, 0.4) is 0 Å². The normalized spacial score (nSPS) is 26.4. The van der Waals surface area contributed by atoms with E-state index in [4.69, 9.17) is 5.73 Å². The molecule has 7 atom stereocenters. The van der Waals surface area contributed by atoms with Gasteiger partial charge in [0.15, 0.2) is 0 Å². The van der Waals surface area contributed by atoms with E-state index < -0.39 is 77.8 Å². The summed E-state index contributed by atoms with van der Waals surface area (Å²) < 4.78 is 0. The summed E-state index contributed by atoms with van der Waals surface area (Å²) in [6, 6.07) is 10.0. The smallest absolute Gasteiger partial charge is 0.248 e. The Hall–Kier alpha value is -5.28. The first-order chi connectivity index (χ1) is 26.5. The molecule has 0 unspecified atom stereocenters. The van der Waals surface area contributed by atoms with Crippen molar-refractivity contribution < 1.29 is 33.9 Å². The minimum atomic E-state index is -1.41. The van der Waals surface area contributed by atoms with Crippen molar-refractivity contribution in [3.8, 4) is 0 Å². The van der Waals surface area contributed by atoms with Gasteiger partial charge in [0, 0.05) is 43.0 Å². The van der Waals surface area contributed by atoms with Gasteiger partial charge >= 0.3 is 0 Å². The molecule has 3 saturated heterocycles. The van der Waals surface area contributed by atoms with Gasteiger partial charge in [0.25, 0.3) is 0 Å². The highest BCUT2D eigenvalue weighted by Gasteiger charge is 2.45. The summed E-state index contributed by atoms with van der Waals surface area (Å²) >= 11 is 0. The van der Waals surface area contributed by atoms with Crippen molar-refractivity contribution in [2.75, 3.05) is 19.6 Å². The Bertz CT molecular complexity index is 1870. The number of rotatable bonds is 9. The number of amides is 6. The second-order valence-corrected chi connectivity index (χ2v) is 14.8. The molecule has 0 spiro atoms. The van der Waals surface area contributed by atoms with Crippen LogP contribution in [-0.2, 0) is 41.6 Å². The number of nitrogens with two attached hydrogens (primary N) is 1. The molecule has 8 N–H and O–H groups in total. The highest BCUT2D eigenvalue weighted by Crippen LogP contribution is 2.27. The lowest BCUT2D eigenvalue weighted by Crippen LogP contribution is -2.62. The third-order valence-corrected chi connectivity index (χ3v) is 10.9. The zero-order valence-electron chi connectivity index (χ0n) is 31.2. The Morgan fingerprint density at radius 2 is 1.31 bits per heavy atom. The first kappa shape index (κ1) is 39.4. The molecule has 1 aromatic heterocycles. The van der Waals surface area contributed by atoms with E-state index in [1.807, 2.05) is 54.6 Å². The maximum atomic E-state index is 14.4. The Labute approximate surface area is 320 Å². The van der Waals surface area contributed by atoms with Crippen molar-refractivity contribution >= 4 is 46.3 Å². The van der Waals surface area contributed by atoms with E-state index in [1.54, 1.807) is 6.20 Å². The average molecular weight is 757 g/mol. The Balaban J connectivity index is 1.39. The van der Waals surface area contributed by atoms with Crippen molar-refractivity contribution in [2.45, 2.75) is 107 Å². The number of carbonyl (C=O) groups excluding carboxylic acids is 6. The Morgan fingerprint density at radius 1 is 0.709 bits per heavy atom. The van der Waals surface area contributed by atoms with Gasteiger partial charge in [0.1, 0.15) is 36.3 Å². The van der Waals surface area contributed by atoms with E-state index >= 15 is 0 Å². The number of unbranched alkanes of at least 4 members (excludes halogenated alkanes) is 1. The number of nitrogens with zero attached hydrogens (tertiary/aromatic N) is 2. The summed E-state index contributed by atoms with van der Waals surface area (Å²) in [5.74, 6) is -3.48. The topological polar surface area (TPSA) is 219 Å². The molecule has 294 valence electrons. The van der Waals surface area contributed by atoms with Gasteiger partial charge in [-0.05, 0) is 75.6 Å². The zero-order valence-corrected chi connectivity index (χ0v) is 31.2. The summed E-state index contributed by atoms with van der Waals surface area (Å²) in [4.78, 5) is 91.1. The van der Waals surface area contributed by atoms with Crippen LogP contribution in [0.5, 0.6) is 0 Å². The second-order valence-electron chi connectivity index (χ2n) is 14.8. The van der Waals surface area contributed by atoms with Crippen LogP contribution in [0, 0.1) is 0 Å². The number of aliphatic hydroxyl groups excluding tert-OH is 1. The highest BCUT2D eigenvalue weighted by molar-refractivity contribution is 5.99. The molecular formula is C40H52N8O7. The fourth-order valence-corrected chi connectivity index (χ4v) is 7.97. The lowest BCUT2D eigenvalue weighted by Gasteiger charge is -2.34. The van der Waals surface area contributed by atoms with Crippen LogP contribution in [-0.4, -0.2) is 117 Å². The minimum Gasteiger partial charge on any atom is -0.391 e.